The lowest BCUT2D eigenvalue weighted by Gasteiger charge is -2.45. The Morgan fingerprint density at radius 1 is 0.951 bits per heavy atom. The van der Waals surface area contributed by atoms with Gasteiger partial charge in [0.15, 0.2) is 0 Å². The van der Waals surface area contributed by atoms with Gasteiger partial charge in [-0.3, -0.25) is 4.79 Å². The molecule has 12 heteroatoms. The van der Waals surface area contributed by atoms with Gasteiger partial charge < -0.3 is 24.5 Å². The molecular weight excluding hydrogens is 544 g/mol. The van der Waals surface area contributed by atoms with Crippen LogP contribution in [-0.4, -0.2) is 61.2 Å². The summed E-state index contributed by atoms with van der Waals surface area (Å²) in [5.41, 5.74) is 0.996. The first-order chi connectivity index (χ1) is 19.5. The van der Waals surface area contributed by atoms with Gasteiger partial charge in [0.25, 0.3) is 0 Å². The summed E-state index contributed by atoms with van der Waals surface area (Å²) in [6.45, 7) is 1.86. The third kappa shape index (κ3) is 5.81. The van der Waals surface area contributed by atoms with Crippen LogP contribution in [-0.2, 0) is 15.7 Å². The number of halogens is 4. The van der Waals surface area contributed by atoms with Crippen molar-refractivity contribution in [3.63, 3.8) is 0 Å². The Hall–Kier alpha value is -4.61. The lowest BCUT2D eigenvalue weighted by Crippen LogP contribution is -2.55. The first kappa shape index (κ1) is 27.9. The van der Waals surface area contributed by atoms with E-state index in [9.17, 15) is 32.3 Å². The van der Waals surface area contributed by atoms with E-state index in [0.29, 0.717) is 43.4 Å². The molecule has 2 aliphatic heterocycles. The van der Waals surface area contributed by atoms with Crippen LogP contribution in [0.1, 0.15) is 33.9 Å². The largest absolute Gasteiger partial charge is 0.481 e. The molecule has 1 unspecified atom stereocenters. The Bertz CT molecular complexity index is 1480. The molecule has 41 heavy (non-hydrogen) atoms. The molecule has 0 bridgehead atoms. The van der Waals surface area contributed by atoms with E-state index in [2.05, 4.69) is 4.90 Å². The summed E-state index contributed by atoms with van der Waals surface area (Å²) < 4.78 is 59.4. The van der Waals surface area contributed by atoms with E-state index in [0.717, 1.165) is 17.8 Å². The molecule has 0 aliphatic carbocycles. The van der Waals surface area contributed by atoms with Crippen molar-refractivity contribution >= 4 is 35.0 Å². The van der Waals surface area contributed by atoms with Gasteiger partial charge in [0.2, 0.25) is 5.96 Å². The number of carbonyl (C=O) groups excluding carboxylic acids is 1. The number of carbonyl (C=O) groups is 2. The van der Waals surface area contributed by atoms with Gasteiger partial charge in [0.1, 0.15) is 5.82 Å². The Morgan fingerprint density at radius 2 is 1.63 bits per heavy atom. The first-order valence-corrected chi connectivity index (χ1v) is 12.8. The summed E-state index contributed by atoms with van der Waals surface area (Å²) in [6, 6.07) is 14.3. The average molecular weight is 571 g/mol. The summed E-state index contributed by atoms with van der Waals surface area (Å²) in [5, 5.41) is 9.86. The van der Waals surface area contributed by atoms with E-state index in [1.807, 2.05) is 4.90 Å². The molecule has 3 aromatic rings. The Balaban J connectivity index is 1.58. The maximum atomic E-state index is 13.7. The Labute approximate surface area is 233 Å². The number of methoxy groups -OCH3 is 1. The second-order valence-corrected chi connectivity index (χ2v) is 9.66. The number of ether oxygens (including phenoxy) is 1. The summed E-state index contributed by atoms with van der Waals surface area (Å²) in [5.74, 6) is -1.87. The molecule has 1 N–H and O–H groups in total. The van der Waals surface area contributed by atoms with E-state index in [1.54, 1.807) is 18.2 Å². The number of fused-ring (bicyclic) bond motifs is 1. The van der Waals surface area contributed by atoms with Crippen molar-refractivity contribution in [3.8, 4) is 0 Å². The highest BCUT2D eigenvalue weighted by Gasteiger charge is 2.38. The van der Waals surface area contributed by atoms with Gasteiger partial charge in [-0.15, -0.1) is 0 Å². The number of esters is 1. The van der Waals surface area contributed by atoms with Crippen molar-refractivity contribution in [2.45, 2.75) is 18.6 Å². The lowest BCUT2D eigenvalue weighted by molar-refractivity contribution is -0.138. The van der Waals surface area contributed by atoms with Crippen molar-refractivity contribution in [3.05, 3.63) is 89.2 Å². The highest BCUT2D eigenvalue weighted by molar-refractivity contribution is 6.02. The zero-order chi connectivity index (χ0) is 29.3. The average Bonchev–Trinajstić information content (AvgIpc) is 2.96. The van der Waals surface area contributed by atoms with Crippen LogP contribution in [0.5, 0.6) is 0 Å². The highest BCUT2D eigenvalue weighted by Crippen LogP contribution is 2.42. The number of nitrogens with zero attached hydrogens (tertiary/aromatic N) is 4. The van der Waals surface area contributed by atoms with Crippen molar-refractivity contribution < 1.29 is 37.0 Å². The van der Waals surface area contributed by atoms with Crippen molar-refractivity contribution in [1.82, 2.24) is 4.90 Å². The minimum Gasteiger partial charge on any atom is -0.481 e. The summed E-state index contributed by atoms with van der Waals surface area (Å²) in [7, 11) is 1.22. The van der Waals surface area contributed by atoms with Gasteiger partial charge in [-0.25, -0.2) is 14.2 Å². The SMILES string of the molecule is COC(=O)c1ccc2c(c1)C(CC(=O)O)N(c1cccc(C(F)(F)F)c1)C(N1CCN(c3ccc(F)cc3)CC1)=N2. The summed E-state index contributed by atoms with van der Waals surface area (Å²) in [4.78, 5) is 34.6. The number of carboxylic acid groups (broad SMARTS) is 1. The molecule has 1 saturated heterocycles. The fourth-order valence-corrected chi connectivity index (χ4v) is 5.14. The van der Waals surface area contributed by atoms with E-state index >= 15 is 0 Å². The molecule has 0 spiro atoms. The Kier molecular flexibility index (Phi) is 7.57. The number of carboxylic acids is 1. The highest BCUT2D eigenvalue weighted by atomic mass is 19.4. The number of piperazine rings is 1. The molecule has 214 valence electrons. The van der Waals surface area contributed by atoms with Gasteiger partial charge in [-0.1, -0.05) is 6.07 Å². The van der Waals surface area contributed by atoms with E-state index < -0.39 is 36.1 Å². The number of benzene rings is 3. The lowest BCUT2D eigenvalue weighted by atomic mass is 9.95. The predicted molar refractivity (Wildman–Crippen MR) is 144 cm³/mol. The minimum absolute atomic E-state index is 0.111. The zero-order valence-corrected chi connectivity index (χ0v) is 21.9. The number of hydrogen-bond acceptors (Lipinski definition) is 7. The second-order valence-electron chi connectivity index (χ2n) is 9.66. The quantitative estimate of drug-likeness (QED) is 0.321. The number of rotatable bonds is 5. The standard InChI is InChI=1S/C29H26F4N4O4/c1-41-27(40)18-5-10-24-23(15-18)25(17-26(38)39)37(22-4-2-3-19(16-22)29(31,32)33)28(34-24)36-13-11-35(12-14-36)21-8-6-20(30)7-9-21/h2-10,15-16,25H,11-14,17H2,1H3,(H,38,39). The fraction of sp³-hybridized carbons (Fsp3) is 0.276. The molecule has 2 aliphatic rings. The predicted octanol–water partition coefficient (Wildman–Crippen LogP) is 5.48. The number of aliphatic carboxylic acids is 1. The molecule has 0 amide bonds. The molecule has 2 heterocycles. The normalized spacial score (nSPS) is 17.1. The number of hydrogen-bond donors (Lipinski definition) is 1. The number of alkyl halides is 3. The number of guanidine groups is 1. The van der Waals surface area contributed by atoms with Crippen LogP contribution < -0.4 is 9.80 Å². The van der Waals surface area contributed by atoms with Crippen LogP contribution >= 0.6 is 0 Å². The maximum Gasteiger partial charge on any atom is 0.416 e. The molecule has 1 fully saturated rings. The third-order valence-corrected chi connectivity index (χ3v) is 7.13. The molecular formula is C29H26F4N4O4. The van der Waals surface area contributed by atoms with Crippen LogP contribution in [0.25, 0.3) is 0 Å². The van der Waals surface area contributed by atoms with Gasteiger partial charge in [0.05, 0.1) is 36.4 Å². The number of aliphatic imine (C=N–C) groups is 1. The van der Waals surface area contributed by atoms with Crippen molar-refractivity contribution in [1.29, 1.82) is 0 Å². The molecule has 5 rings (SSSR count). The first-order valence-electron chi connectivity index (χ1n) is 12.8. The maximum absolute atomic E-state index is 13.7. The van der Waals surface area contributed by atoms with Crippen molar-refractivity contribution in [2.24, 2.45) is 4.99 Å². The van der Waals surface area contributed by atoms with Crippen molar-refractivity contribution in [2.75, 3.05) is 43.1 Å². The zero-order valence-electron chi connectivity index (χ0n) is 21.9. The van der Waals surface area contributed by atoms with Crippen LogP contribution in [0, 0.1) is 5.82 Å². The third-order valence-electron chi connectivity index (χ3n) is 7.13. The molecule has 3 aromatic carbocycles. The Morgan fingerprint density at radius 3 is 2.27 bits per heavy atom. The monoisotopic (exact) mass is 570 g/mol. The van der Waals surface area contributed by atoms with Crippen LogP contribution in [0.15, 0.2) is 71.7 Å². The van der Waals surface area contributed by atoms with E-state index in [4.69, 9.17) is 9.73 Å². The van der Waals surface area contributed by atoms with E-state index in [1.165, 1.54) is 48.4 Å². The molecule has 0 saturated carbocycles. The van der Waals surface area contributed by atoms with Crippen LogP contribution in [0.2, 0.25) is 0 Å². The second kappa shape index (κ2) is 11.1. The van der Waals surface area contributed by atoms with Gasteiger partial charge in [0, 0.05) is 43.1 Å². The van der Waals surface area contributed by atoms with Gasteiger partial charge in [-0.2, -0.15) is 13.2 Å². The summed E-state index contributed by atoms with van der Waals surface area (Å²) >= 11 is 0. The fourth-order valence-electron chi connectivity index (χ4n) is 5.14. The van der Waals surface area contributed by atoms with Gasteiger partial charge in [-0.05, 0) is 60.7 Å². The molecule has 0 aromatic heterocycles. The summed E-state index contributed by atoms with van der Waals surface area (Å²) in [6.07, 6.45) is -5.09. The number of anilines is 2. The topological polar surface area (TPSA) is 85.7 Å². The minimum atomic E-state index is -4.62. The van der Waals surface area contributed by atoms with Crippen LogP contribution in [0.4, 0.5) is 34.6 Å². The van der Waals surface area contributed by atoms with Gasteiger partial charge >= 0.3 is 18.1 Å². The van der Waals surface area contributed by atoms with Crippen LogP contribution in [0.3, 0.4) is 0 Å². The van der Waals surface area contributed by atoms with E-state index in [-0.39, 0.29) is 17.1 Å². The smallest absolute Gasteiger partial charge is 0.416 e. The molecule has 8 nitrogen and oxygen atoms in total. The molecule has 1 atom stereocenters. The molecule has 0 radical (unpaired) electrons.